The number of nitrogens with zero attached hydrogens (tertiary/aromatic N) is 3. The second-order valence-electron chi connectivity index (χ2n) is 7.30. The molecular weight excluding hydrogens is 400 g/mol. The van der Waals surface area contributed by atoms with E-state index in [4.69, 9.17) is 14.2 Å². The van der Waals surface area contributed by atoms with Crippen molar-refractivity contribution in [3.63, 3.8) is 0 Å². The lowest BCUT2D eigenvalue weighted by atomic mass is 10.1. The minimum Gasteiger partial charge on any atom is -0.481 e. The Morgan fingerprint density at radius 1 is 1.23 bits per heavy atom. The van der Waals surface area contributed by atoms with E-state index in [0.717, 1.165) is 6.42 Å². The van der Waals surface area contributed by atoms with Gasteiger partial charge in [0.25, 0.3) is 11.5 Å². The molecule has 1 unspecified atom stereocenters. The molecule has 2 aliphatic rings. The van der Waals surface area contributed by atoms with Crippen LogP contribution < -0.4 is 19.8 Å². The quantitative estimate of drug-likeness (QED) is 0.691. The van der Waals surface area contributed by atoms with Gasteiger partial charge in [-0.15, -0.1) is 0 Å². The molecule has 1 N–H and O–H groups in total. The van der Waals surface area contributed by atoms with Gasteiger partial charge in [0.15, 0.2) is 11.5 Å². The summed E-state index contributed by atoms with van der Waals surface area (Å²) in [4.78, 5) is 39.1. The number of H-pyrrole nitrogens is 1. The molecule has 2 aliphatic heterocycles. The Kier molecular flexibility index (Phi) is 4.78. The van der Waals surface area contributed by atoms with Gasteiger partial charge in [0.1, 0.15) is 5.82 Å². The monoisotopic (exact) mass is 420 g/mol. The van der Waals surface area contributed by atoms with Gasteiger partial charge in [-0.05, 0) is 43.2 Å². The summed E-state index contributed by atoms with van der Waals surface area (Å²) in [6.07, 6.45) is 3.12. The molecule has 2 aromatic heterocycles. The molecule has 3 aromatic rings. The van der Waals surface area contributed by atoms with Crippen LogP contribution in [0.3, 0.4) is 0 Å². The zero-order valence-corrected chi connectivity index (χ0v) is 16.8. The summed E-state index contributed by atoms with van der Waals surface area (Å²) >= 11 is 0. The number of ether oxygens (including phenoxy) is 3. The lowest BCUT2D eigenvalue weighted by Gasteiger charge is -2.24. The topological polar surface area (TPSA) is 107 Å². The molecular formula is C22H20N4O5. The van der Waals surface area contributed by atoms with Crippen molar-refractivity contribution in [2.45, 2.75) is 18.9 Å². The number of likely N-dealkylation sites (tertiary alicyclic amines) is 1. The highest BCUT2D eigenvalue weighted by molar-refractivity contribution is 5.95. The number of carbonyl (C=O) groups excluding carboxylic acids is 1. The second kappa shape index (κ2) is 7.75. The van der Waals surface area contributed by atoms with E-state index in [1.165, 1.54) is 13.2 Å². The van der Waals surface area contributed by atoms with Crippen molar-refractivity contribution in [1.82, 2.24) is 19.9 Å². The van der Waals surface area contributed by atoms with Crippen LogP contribution in [0.2, 0.25) is 0 Å². The van der Waals surface area contributed by atoms with Crippen LogP contribution in [0.15, 0.2) is 47.4 Å². The Morgan fingerprint density at radius 2 is 2.10 bits per heavy atom. The van der Waals surface area contributed by atoms with Crippen molar-refractivity contribution < 1.29 is 19.0 Å². The lowest BCUT2D eigenvalue weighted by Crippen LogP contribution is -2.32. The van der Waals surface area contributed by atoms with Gasteiger partial charge in [0.05, 0.1) is 24.4 Å². The maximum Gasteiger partial charge on any atom is 0.254 e. The summed E-state index contributed by atoms with van der Waals surface area (Å²) in [5.74, 6) is 1.86. The standard InChI is InChI=1S/C22H20N4O5/c1-29-21-14(4-2-8-23-21)15-11-19(27)25-20(24-15)16-5-3-9-26(16)22(28)13-6-7-17-18(10-13)31-12-30-17/h2,4,6-8,10-11,16H,3,5,9,12H2,1H3,(H,24,25,27). The SMILES string of the molecule is COc1ncccc1-c1cc(=O)[nH]c(C2CCCN2C(=O)c2ccc3c(c2)OCO3)n1. The van der Waals surface area contributed by atoms with Crippen molar-refractivity contribution in [2.75, 3.05) is 20.4 Å². The molecule has 9 heteroatoms. The smallest absolute Gasteiger partial charge is 0.254 e. The van der Waals surface area contributed by atoms with Crippen LogP contribution in [-0.4, -0.2) is 46.2 Å². The molecule has 0 spiro atoms. The minimum atomic E-state index is -0.340. The number of rotatable bonds is 4. The minimum absolute atomic E-state index is 0.146. The molecule has 0 bridgehead atoms. The van der Waals surface area contributed by atoms with Gasteiger partial charge in [-0.3, -0.25) is 9.59 Å². The third-order valence-corrected chi connectivity index (χ3v) is 5.45. The van der Waals surface area contributed by atoms with Crippen LogP contribution in [-0.2, 0) is 0 Å². The van der Waals surface area contributed by atoms with Gasteiger partial charge in [0, 0.05) is 24.4 Å². The zero-order valence-electron chi connectivity index (χ0n) is 16.8. The molecule has 0 saturated carbocycles. The van der Waals surface area contributed by atoms with Crippen molar-refractivity contribution in [3.05, 3.63) is 64.3 Å². The molecule has 5 rings (SSSR count). The Labute approximate surface area is 177 Å². The summed E-state index contributed by atoms with van der Waals surface area (Å²) in [5, 5.41) is 0. The Balaban J connectivity index is 1.49. The third-order valence-electron chi connectivity index (χ3n) is 5.45. The number of benzene rings is 1. The molecule has 9 nitrogen and oxygen atoms in total. The number of carbonyl (C=O) groups is 1. The number of pyridine rings is 1. The number of fused-ring (bicyclic) bond motifs is 1. The average Bonchev–Trinajstić information content (AvgIpc) is 3.47. The number of aromatic amines is 1. The third kappa shape index (κ3) is 3.48. The van der Waals surface area contributed by atoms with E-state index in [2.05, 4.69) is 15.0 Å². The number of hydrogen-bond donors (Lipinski definition) is 1. The van der Waals surface area contributed by atoms with Crippen molar-refractivity contribution in [2.24, 2.45) is 0 Å². The number of methoxy groups -OCH3 is 1. The molecule has 1 aromatic carbocycles. The Bertz CT molecular complexity index is 1210. The number of aromatic nitrogens is 3. The fraction of sp³-hybridized carbons (Fsp3) is 0.273. The Hall–Kier alpha value is -3.88. The molecule has 1 atom stereocenters. The highest BCUT2D eigenvalue weighted by atomic mass is 16.7. The summed E-state index contributed by atoms with van der Waals surface area (Å²) in [7, 11) is 1.52. The molecule has 0 radical (unpaired) electrons. The van der Waals surface area contributed by atoms with E-state index in [-0.39, 0.29) is 24.3 Å². The highest BCUT2D eigenvalue weighted by Gasteiger charge is 2.33. The largest absolute Gasteiger partial charge is 0.481 e. The molecule has 1 fully saturated rings. The van der Waals surface area contributed by atoms with Crippen molar-refractivity contribution in [1.29, 1.82) is 0 Å². The molecule has 31 heavy (non-hydrogen) atoms. The fourth-order valence-electron chi connectivity index (χ4n) is 4.01. The molecule has 158 valence electrons. The summed E-state index contributed by atoms with van der Waals surface area (Å²) in [5.41, 5.74) is 1.27. The van der Waals surface area contributed by atoms with Crippen LogP contribution in [0.5, 0.6) is 17.4 Å². The van der Waals surface area contributed by atoms with Crippen LogP contribution in [0.4, 0.5) is 0 Å². The van der Waals surface area contributed by atoms with E-state index >= 15 is 0 Å². The molecule has 1 amide bonds. The van der Waals surface area contributed by atoms with Gasteiger partial charge in [-0.25, -0.2) is 9.97 Å². The van der Waals surface area contributed by atoms with Crippen LogP contribution in [0.25, 0.3) is 11.3 Å². The average molecular weight is 420 g/mol. The van der Waals surface area contributed by atoms with Gasteiger partial charge >= 0.3 is 0 Å². The first-order valence-corrected chi connectivity index (χ1v) is 9.95. The highest BCUT2D eigenvalue weighted by Crippen LogP contribution is 2.36. The van der Waals surface area contributed by atoms with Crippen LogP contribution in [0, 0.1) is 0 Å². The van der Waals surface area contributed by atoms with Gasteiger partial charge < -0.3 is 24.1 Å². The first-order chi connectivity index (χ1) is 15.1. The van der Waals surface area contributed by atoms with Gasteiger partial charge in [-0.1, -0.05) is 0 Å². The van der Waals surface area contributed by atoms with Crippen LogP contribution >= 0.6 is 0 Å². The predicted octanol–water partition coefficient (Wildman–Crippen LogP) is 2.55. The number of amides is 1. The molecule has 1 saturated heterocycles. The first-order valence-electron chi connectivity index (χ1n) is 9.95. The summed E-state index contributed by atoms with van der Waals surface area (Å²) < 4.78 is 16.0. The van der Waals surface area contributed by atoms with Crippen molar-refractivity contribution >= 4 is 5.91 Å². The van der Waals surface area contributed by atoms with E-state index in [1.807, 2.05) is 0 Å². The van der Waals surface area contributed by atoms with Crippen LogP contribution in [0.1, 0.15) is 35.1 Å². The van der Waals surface area contributed by atoms with Crippen molar-refractivity contribution in [3.8, 4) is 28.6 Å². The predicted molar refractivity (Wildman–Crippen MR) is 110 cm³/mol. The normalized spacial score (nSPS) is 17.1. The maximum absolute atomic E-state index is 13.3. The summed E-state index contributed by atoms with van der Waals surface area (Å²) in [6.45, 7) is 0.719. The van der Waals surface area contributed by atoms with E-state index < -0.39 is 0 Å². The summed E-state index contributed by atoms with van der Waals surface area (Å²) in [6, 6.07) is 9.75. The van der Waals surface area contributed by atoms with Gasteiger partial charge in [-0.2, -0.15) is 0 Å². The van der Waals surface area contributed by atoms with E-state index in [9.17, 15) is 9.59 Å². The first kappa shape index (κ1) is 19.1. The zero-order chi connectivity index (χ0) is 21.4. The molecule has 4 heterocycles. The van der Waals surface area contributed by atoms with E-state index in [0.29, 0.717) is 53.0 Å². The number of nitrogens with one attached hydrogen (secondary N) is 1. The number of hydrogen-bond acceptors (Lipinski definition) is 7. The molecule has 0 aliphatic carbocycles. The fourth-order valence-corrected chi connectivity index (χ4v) is 4.01. The maximum atomic E-state index is 13.3. The van der Waals surface area contributed by atoms with E-state index in [1.54, 1.807) is 41.4 Å². The van der Waals surface area contributed by atoms with Gasteiger partial charge in [0.2, 0.25) is 12.7 Å². The Morgan fingerprint density at radius 3 is 2.97 bits per heavy atom. The lowest BCUT2D eigenvalue weighted by molar-refractivity contribution is 0.0729. The second-order valence-corrected chi connectivity index (χ2v) is 7.30.